The number of aryl methyl sites for hydroxylation is 1. The van der Waals surface area contributed by atoms with E-state index < -0.39 is 0 Å². The van der Waals surface area contributed by atoms with Crippen LogP contribution in [0.15, 0.2) is 88.7 Å². The first-order valence-corrected chi connectivity index (χ1v) is 7.99. The lowest BCUT2D eigenvalue weighted by atomic mass is 10.0. The maximum absolute atomic E-state index is 12.8. The van der Waals surface area contributed by atoms with Crippen LogP contribution in [0.25, 0.3) is 0 Å². The Bertz CT molecular complexity index is 776. The van der Waals surface area contributed by atoms with Gasteiger partial charge in [0.15, 0.2) is 5.78 Å². The Balaban J connectivity index is 1.94. The number of benzene rings is 3. The first-order valence-electron chi connectivity index (χ1n) is 7.17. The van der Waals surface area contributed by atoms with Crippen LogP contribution in [-0.2, 0) is 0 Å². The Kier molecular flexibility index (Phi) is 4.40. The van der Waals surface area contributed by atoms with Crippen LogP contribution >= 0.6 is 11.8 Å². The fraction of sp³-hybridized carbons (Fsp3) is 0.0500. The molecule has 0 saturated heterocycles. The molecule has 0 fully saturated rings. The van der Waals surface area contributed by atoms with E-state index in [4.69, 9.17) is 0 Å². The van der Waals surface area contributed by atoms with E-state index in [1.807, 2.05) is 73.7 Å². The van der Waals surface area contributed by atoms with Gasteiger partial charge >= 0.3 is 0 Å². The molecular formula is C20H16OS. The fourth-order valence-electron chi connectivity index (χ4n) is 2.22. The van der Waals surface area contributed by atoms with Crippen LogP contribution in [0.4, 0.5) is 0 Å². The molecule has 3 aromatic carbocycles. The summed E-state index contributed by atoms with van der Waals surface area (Å²) in [6.07, 6.45) is 0. The van der Waals surface area contributed by atoms with Gasteiger partial charge in [0.2, 0.25) is 0 Å². The Hall–Kier alpha value is -2.32. The van der Waals surface area contributed by atoms with Crippen LogP contribution in [0, 0.1) is 6.92 Å². The minimum absolute atomic E-state index is 0.0685. The van der Waals surface area contributed by atoms with E-state index in [2.05, 4.69) is 12.1 Å². The second-order valence-corrected chi connectivity index (χ2v) is 6.22. The zero-order chi connectivity index (χ0) is 15.4. The Morgan fingerprint density at radius 1 is 0.773 bits per heavy atom. The van der Waals surface area contributed by atoms with Crippen molar-refractivity contribution in [3.63, 3.8) is 0 Å². The summed E-state index contributed by atoms with van der Waals surface area (Å²) in [6, 6.07) is 25.6. The van der Waals surface area contributed by atoms with Crippen molar-refractivity contribution >= 4 is 17.5 Å². The maximum Gasteiger partial charge on any atom is 0.194 e. The molecule has 0 aliphatic rings. The number of ketones is 1. The number of carbonyl (C=O) groups is 1. The molecule has 0 aromatic heterocycles. The second kappa shape index (κ2) is 6.63. The summed E-state index contributed by atoms with van der Waals surface area (Å²) < 4.78 is 0. The highest BCUT2D eigenvalue weighted by Gasteiger charge is 2.13. The number of carbonyl (C=O) groups excluding carboxylic acids is 1. The Labute approximate surface area is 135 Å². The molecule has 0 heterocycles. The van der Waals surface area contributed by atoms with Crippen LogP contribution in [-0.4, -0.2) is 5.78 Å². The summed E-state index contributed by atoms with van der Waals surface area (Å²) >= 11 is 1.62. The SMILES string of the molecule is Cc1ccc(C(=O)c2ccccc2Sc2ccccc2)cc1. The van der Waals surface area contributed by atoms with E-state index in [1.54, 1.807) is 11.8 Å². The van der Waals surface area contributed by atoms with Gasteiger partial charge in [0, 0.05) is 20.9 Å². The number of hydrogen-bond donors (Lipinski definition) is 0. The van der Waals surface area contributed by atoms with Crippen molar-refractivity contribution in [1.82, 2.24) is 0 Å². The lowest BCUT2D eigenvalue weighted by Crippen LogP contribution is -2.02. The summed E-state index contributed by atoms with van der Waals surface area (Å²) in [6.45, 7) is 2.02. The first-order chi connectivity index (χ1) is 10.7. The van der Waals surface area contributed by atoms with Gasteiger partial charge in [-0.15, -0.1) is 0 Å². The lowest BCUT2D eigenvalue weighted by molar-refractivity contribution is 0.103. The molecule has 108 valence electrons. The van der Waals surface area contributed by atoms with Gasteiger partial charge in [0.1, 0.15) is 0 Å². The van der Waals surface area contributed by atoms with Gasteiger partial charge in [0.05, 0.1) is 0 Å². The summed E-state index contributed by atoms with van der Waals surface area (Å²) in [7, 11) is 0. The zero-order valence-electron chi connectivity index (χ0n) is 12.3. The van der Waals surface area contributed by atoms with E-state index >= 15 is 0 Å². The smallest absolute Gasteiger partial charge is 0.194 e. The quantitative estimate of drug-likeness (QED) is 0.602. The van der Waals surface area contributed by atoms with Gasteiger partial charge in [-0.05, 0) is 31.2 Å². The van der Waals surface area contributed by atoms with Crippen molar-refractivity contribution in [3.05, 3.63) is 95.6 Å². The minimum Gasteiger partial charge on any atom is -0.289 e. The van der Waals surface area contributed by atoms with E-state index in [1.165, 1.54) is 0 Å². The topological polar surface area (TPSA) is 17.1 Å². The average molecular weight is 304 g/mol. The molecule has 0 spiro atoms. The average Bonchev–Trinajstić information content (AvgIpc) is 2.56. The molecule has 0 amide bonds. The second-order valence-electron chi connectivity index (χ2n) is 5.11. The summed E-state index contributed by atoms with van der Waals surface area (Å²) in [5.74, 6) is 0.0685. The standard InChI is InChI=1S/C20H16OS/c1-15-11-13-16(14-12-15)20(21)18-9-5-6-10-19(18)22-17-7-3-2-4-8-17/h2-14H,1H3. The molecular weight excluding hydrogens is 288 g/mol. The molecule has 0 N–H and O–H groups in total. The van der Waals surface area contributed by atoms with Crippen molar-refractivity contribution in [2.45, 2.75) is 16.7 Å². The fourth-order valence-corrected chi connectivity index (χ4v) is 3.18. The minimum atomic E-state index is 0.0685. The molecule has 0 atom stereocenters. The highest BCUT2D eigenvalue weighted by molar-refractivity contribution is 7.99. The highest BCUT2D eigenvalue weighted by atomic mass is 32.2. The van der Waals surface area contributed by atoms with E-state index in [0.29, 0.717) is 0 Å². The van der Waals surface area contributed by atoms with Crippen molar-refractivity contribution in [1.29, 1.82) is 0 Å². The summed E-state index contributed by atoms with van der Waals surface area (Å²) in [4.78, 5) is 14.9. The third kappa shape index (κ3) is 3.29. The lowest BCUT2D eigenvalue weighted by Gasteiger charge is -2.08. The third-order valence-electron chi connectivity index (χ3n) is 3.42. The van der Waals surface area contributed by atoms with Crippen LogP contribution in [0.1, 0.15) is 21.5 Å². The molecule has 0 saturated carbocycles. The summed E-state index contributed by atoms with van der Waals surface area (Å²) in [5.41, 5.74) is 2.63. The van der Waals surface area contributed by atoms with Crippen molar-refractivity contribution in [2.75, 3.05) is 0 Å². The van der Waals surface area contributed by atoms with Gasteiger partial charge in [0.25, 0.3) is 0 Å². The van der Waals surface area contributed by atoms with Gasteiger partial charge in [-0.25, -0.2) is 0 Å². The van der Waals surface area contributed by atoms with Crippen LogP contribution in [0.3, 0.4) is 0 Å². The molecule has 0 unspecified atom stereocenters. The van der Waals surface area contributed by atoms with Gasteiger partial charge in [-0.2, -0.15) is 0 Å². The highest BCUT2D eigenvalue weighted by Crippen LogP contribution is 2.31. The van der Waals surface area contributed by atoms with Crippen LogP contribution in [0.5, 0.6) is 0 Å². The van der Waals surface area contributed by atoms with E-state index in [-0.39, 0.29) is 5.78 Å². The largest absolute Gasteiger partial charge is 0.289 e. The molecule has 0 radical (unpaired) electrons. The molecule has 3 rings (SSSR count). The Morgan fingerprint density at radius 3 is 2.14 bits per heavy atom. The van der Waals surface area contributed by atoms with Crippen molar-refractivity contribution < 1.29 is 4.79 Å². The third-order valence-corrected chi connectivity index (χ3v) is 4.50. The molecule has 1 nitrogen and oxygen atoms in total. The first kappa shape index (κ1) is 14.6. The normalized spacial score (nSPS) is 10.4. The number of hydrogen-bond acceptors (Lipinski definition) is 2. The summed E-state index contributed by atoms with van der Waals surface area (Å²) in [5, 5.41) is 0. The van der Waals surface area contributed by atoms with Crippen molar-refractivity contribution in [2.24, 2.45) is 0 Å². The molecule has 3 aromatic rings. The van der Waals surface area contributed by atoms with Gasteiger partial charge < -0.3 is 0 Å². The molecule has 2 heteroatoms. The number of rotatable bonds is 4. The maximum atomic E-state index is 12.8. The van der Waals surface area contributed by atoms with Crippen LogP contribution in [0.2, 0.25) is 0 Å². The van der Waals surface area contributed by atoms with Gasteiger partial charge in [-0.1, -0.05) is 71.9 Å². The molecule has 22 heavy (non-hydrogen) atoms. The van der Waals surface area contributed by atoms with Crippen molar-refractivity contribution in [3.8, 4) is 0 Å². The van der Waals surface area contributed by atoms with Gasteiger partial charge in [-0.3, -0.25) is 4.79 Å². The van der Waals surface area contributed by atoms with E-state index in [0.717, 1.165) is 26.5 Å². The van der Waals surface area contributed by atoms with E-state index in [9.17, 15) is 4.79 Å². The molecule has 0 aliphatic heterocycles. The zero-order valence-corrected chi connectivity index (χ0v) is 13.1. The predicted octanol–water partition coefficient (Wildman–Crippen LogP) is 5.38. The Morgan fingerprint density at radius 2 is 1.41 bits per heavy atom. The van der Waals surface area contributed by atoms with Crippen LogP contribution < -0.4 is 0 Å². The molecule has 0 bridgehead atoms. The monoisotopic (exact) mass is 304 g/mol. The molecule has 0 aliphatic carbocycles. The predicted molar refractivity (Wildman–Crippen MR) is 91.6 cm³/mol.